The second-order valence-electron chi connectivity index (χ2n) is 0.600. The monoisotopic (exact) mass is 254 g/mol. The Labute approximate surface area is 140 Å². The number of hydrogen-bond donors (Lipinski definition) is 4. The minimum atomic E-state index is -4.61. The Morgan fingerprint density at radius 1 is 1.00 bits per heavy atom. The number of rotatable bonds is 0. The molecule has 0 aliphatic carbocycles. The SMILES string of the molecule is O[Si](O)(O)O.[Ca+2].[H-].[H-].[H-].[H-].[H-].[H-].[Mg+2].[Sr+2]. The molecule has 44 valence electrons. The van der Waals surface area contributed by atoms with Gasteiger partial charge in [0, 0.05) is 0 Å². The molecule has 0 radical (unpaired) electrons. The van der Waals surface area contributed by atoms with E-state index in [0.29, 0.717) is 0 Å². The second kappa shape index (κ2) is 10.6. The molecule has 8 heavy (non-hydrogen) atoms. The van der Waals surface area contributed by atoms with Gasteiger partial charge in [-0.15, -0.1) is 0 Å². The van der Waals surface area contributed by atoms with Crippen LogP contribution in [0.2, 0.25) is 0 Å². The van der Waals surface area contributed by atoms with Crippen LogP contribution >= 0.6 is 0 Å². The predicted molar refractivity (Wildman–Crippen MR) is 38.6 cm³/mol. The summed E-state index contributed by atoms with van der Waals surface area (Å²) in [6.07, 6.45) is 0. The summed E-state index contributed by atoms with van der Waals surface area (Å²) in [7, 11) is -4.61. The largest absolute Gasteiger partial charge is 2.00 e. The van der Waals surface area contributed by atoms with Gasteiger partial charge in [0.25, 0.3) is 0 Å². The van der Waals surface area contributed by atoms with Gasteiger partial charge in [-0.05, 0) is 0 Å². The Bertz CT molecular complexity index is 45.3. The molecule has 0 saturated carbocycles. The molecule has 4 nitrogen and oxygen atoms in total. The average Bonchev–Trinajstić information content (AvgIpc) is 0.722. The summed E-state index contributed by atoms with van der Waals surface area (Å²) in [5.74, 6) is 0. The zero-order chi connectivity index (χ0) is 4.50. The minimum absolute atomic E-state index is 0. The predicted octanol–water partition coefficient (Wildman–Crippen LogP) is -3.08. The summed E-state index contributed by atoms with van der Waals surface area (Å²) in [5.41, 5.74) is 0. The average molecular weight is 254 g/mol. The van der Waals surface area contributed by atoms with Crippen LogP contribution in [0.3, 0.4) is 0 Å². The van der Waals surface area contributed by atoms with Gasteiger partial charge < -0.3 is 27.7 Å². The van der Waals surface area contributed by atoms with Gasteiger partial charge in [-0.1, -0.05) is 0 Å². The van der Waals surface area contributed by atoms with E-state index in [0.717, 1.165) is 0 Å². The standard InChI is InChI=1S/Ca.Mg.H4O4Si.Sr.6H/c;;1-5(2,3)4;;;;;;;/h;;1-4H;;;;;;;/q2*+2;;+2;6*-1. The molecule has 8 heteroatoms. The van der Waals surface area contributed by atoms with E-state index < -0.39 is 9.05 Å². The van der Waals surface area contributed by atoms with Crippen molar-refractivity contribution in [1.29, 1.82) is 0 Å². The van der Waals surface area contributed by atoms with Crippen molar-refractivity contribution in [3.63, 3.8) is 0 Å². The summed E-state index contributed by atoms with van der Waals surface area (Å²) in [5, 5.41) is 0. The third-order valence-corrected chi connectivity index (χ3v) is 0. The minimum Gasteiger partial charge on any atom is -1.00 e. The van der Waals surface area contributed by atoms with E-state index in [1.54, 1.807) is 0 Å². The van der Waals surface area contributed by atoms with Gasteiger partial charge in [-0.2, -0.15) is 0 Å². The molecule has 4 N–H and O–H groups in total. The maximum atomic E-state index is 7.33. The van der Waals surface area contributed by atoms with Gasteiger partial charge in [-0.3, -0.25) is 0 Å². The summed E-state index contributed by atoms with van der Waals surface area (Å²) >= 11 is 0. The first kappa shape index (κ1) is 22.6. The summed E-state index contributed by atoms with van der Waals surface area (Å²) < 4.78 is 0. The molecule has 0 heterocycles. The molecule has 0 saturated heterocycles. The Hall–Kier alpha value is 3.56. The zero-order valence-corrected chi connectivity index (χ0v) is 12.5. The van der Waals surface area contributed by atoms with Crippen molar-refractivity contribution in [2.75, 3.05) is 0 Å². The number of hydrogen-bond acceptors (Lipinski definition) is 4. The first-order valence-electron chi connectivity index (χ1n) is 0.894. The topological polar surface area (TPSA) is 80.9 Å². The van der Waals surface area contributed by atoms with Gasteiger partial charge in [0.15, 0.2) is 0 Å². The van der Waals surface area contributed by atoms with E-state index in [1.807, 2.05) is 0 Å². The van der Waals surface area contributed by atoms with Crippen molar-refractivity contribution in [3.8, 4) is 0 Å². The summed E-state index contributed by atoms with van der Waals surface area (Å²) in [4.78, 5) is 29.3. The van der Waals surface area contributed by atoms with Crippen molar-refractivity contribution in [3.05, 3.63) is 0 Å². The van der Waals surface area contributed by atoms with E-state index in [4.69, 9.17) is 19.2 Å². The van der Waals surface area contributed by atoms with E-state index >= 15 is 0 Å². The van der Waals surface area contributed by atoms with Gasteiger partial charge in [-0.25, -0.2) is 0 Å². The molecular weight excluding hydrogens is 244 g/mol. The fraction of sp³-hybridized carbons (Fsp3) is 0. The van der Waals surface area contributed by atoms with Crippen molar-refractivity contribution < 1.29 is 27.7 Å². The van der Waals surface area contributed by atoms with E-state index in [1.165, 1.54) is 0 Å². The summed E-state index contributed by atoms with van der Waals surface area (Å²) in [6.45, 7) is 0. The van der Waals surface area contributed by atoms with Gasteiger partial charge in [0.1, 0.15) is 0 Å². The van der Waals surface area contributed by atoms with Crippen LogP contribution < -0.4 is 0 Å². The smallest absolute Gasteiger partial charge is 1.00 e. The van der Waals surface area contributed by atoms with Crippen LogP contribution in [0.1, 0.15) is 8.56 Å². The second-order valence-corrected chi connectivity index (χ2v) is 1.80. The Morgan fingerprint density at radius 3 is 1.00 bits per heavy atom. The quantitative estimate of drug-likeness (QED) is 0.346. The molecule has 0 aromatic rings. The molecule has 0 bridgehead atoms. The zero-order valence-electron chi connectivity index (χ0n) is 10.4. The fourth-order valence-electron chi connectivity index (χ4n) is 0. The van der Waals surface area contributed by atoms with Crippen molar-refractivity contribution in [1.82, 2.24) is 0 Å². The first-order chi connectivity index (χ1) is 2.00. The van der Waals surface area contributed by atoms with E-state index in [-0.39, 0.29) is 115 Å². The molecular formula is H10CaMgO4SiSr. The van der Waals surface area contributed by atoms with Crippen LogP contribution in [0.25, 0.3) is 0 Å². The molecule has 0 spiro atoms. The molecule has 0 aliphatic rings. The van der Waals surface area contributed by atoms with Gasteiger partial charge >= 0.3 is 115 Å². The third kappa shape index (κ3) is 55.2. The maximum Gasteiger partial charge on any atom is 2.00 e. The first-order valence-corrected chi connectivity index (χ1v) is 2.68. The van der Waals surface area contributed by atoms with Crippen molar-refractivity contribution in [2.45, 2.75) is 0 Å². The third-order valence-electron chi connectivity index (χ3n) is 0. The van der Waals surface area contributed by atoms with Crippen LogP contribution in [0.15, 0.2) is 0 Å². The molecule has 0 amide bonds. The van der Waals surface area contributed by atoms with Crippen molar-refractivity contribution >= 4 is 115 Å². The van der Waals surface area contributed by atoms with Crippen LogP contribution in [-0.2, 0) is 0 Å². The van der Waals surface area contributed by atoms with Gasteiger partial charge in [0.05, 0.1) is 0 Å². The Kier molecular flexibility index (Phi) is 29.8. The van der Waals surface area contributed by atoms with E-state index in [9.17, 15) is 0 Å². The van der Waals surface area contributed by atoms with Crippen molar-refractivity contribution in [2.24, 2.45) is 0 Å². The fourth-order valence-corrected chi connectivity index (χ4v) is 0. The molecule has 0 aromatic heterocycles. The Morgan fingerprint density at radius 2 is 1.00 bits per heavy atom. The van der Waals surface area contributed by atoms with Crippen LogP contribution in [0, 0.1) is 0 Å². The van der Waals surface area contributed by atoms with Crippen LogP contribution in [0.4, 0.5) is 0 Å². The molecule has 0 aliphatic heterocycles. The molecule has 0 atom stereocenters. The van der Waals surface area contributed by atoms with Crippen LogP contribution in [-0.4, -0.2) is 135 Å². The molecule has 0 rings (SSSR count). The molecule has 0 fully saturated rings. The van der Waals surface area contributed by atoms with Gasteiger partial charge in [0.2, 0.25) is 0 Å². The maximum absolute atomic E-state index is 7.33. The van der Waals surface area contributed by atoms with Crippen LogP contribution in [0.5, 0.6) is 0 Å². The molecule has 0 aromatic carbocycles. The van der Waals surface area contributed by atoms with E-state index in [2.05, 4.69) is 0 Å². The molecule has 0 unspecified atom stereocenters. The summed E-state index contributed by atoms with van der Waals surface area (Å²) in [6, 6.07) is 0. The normalized spacial score (nSPS) is 7.50. The Balaban J connectivity index is -0.00000000222.